The van der Waals surface area contributed by atoms with E-state index in [4.69, 9.17) is 14.5 Å². The number of carbonyl (C=O) groups excluding carboxylic acids is 2. The molecular weight excluding hydrogens is 380 g/mol. The van der Waals surface area contributed by atoms with Crippen molar-refractivity contribution >= 4 is 23.5 Å². The van der Waals surface area contributed by atoms with Gasteiger partial charge < -0.3 is 14.4 Å². The molecule has 0 fully saturated rings. The Morgan fingerprint density at radius 1 is 1.20 bits per heavy atom. The Hall–Kier alpha value is -2.63. The first-order valence-corrected chi connectivity index (χ1v) is 10.4. The predicted octanol–water partition coefficient (Wildman–Crippen LogP) is 4.38. The van der Waals surface area contributed by atoms with E-state index in [-0.39, 0.29) is 23.5 Å². The Kier molecular flexibility index (Phi) is 5.34. The van der Waals surface area contributed by atoms with Crippen molar-refractivity contribution < 1.29 is 19.1 Å². The first-order valence-electron chi connectivity index (χ1n) is 10.4. The van der Waals surface area contributed by atoms with Crippen LogP contribution in [0, 0.1) is 5.41 Å². The SMILES string of the molecule is CCOC(=O)C1=C(C)C(=NC(C)(C)CC(C)(C)C)O[C@@]12C(=O)N(C)c1ccccc12. The van der Waals surface area contributed by atoms with Crippen LogP contribution in [0.2, 0.25) is 0 Å². The Labute approximate surface area is 179 Å². The van der Waals surface area contributed by atoms with Gasteiger partial charge in [-0.15, -0.1) is 0 Å². The van der Waals surface area contributed by atoms with Gasteiger partial charge in [-0.3, -0.25) is 4.79 Å². The summed E-state index contributed by atoms with van der Waals surface area (Å²) in [7, 11) is 1.69. The maximum Gasteiger partial charge on any atom is 0.339 e. The van der Waals surface area contributed by atoms with Crippen LogP contribution < -0.4 is 4.90 Å². The molecule has 1 amide bonds. The zero-order valence-electron chi connectivity index (χ0n) is 19.3. The van der Waals surface area contributed by atoms with E-state index in [1.165, 1.54) is 4.90 Å². The number of carbonyl (C=O) groups is 2. The van der Waals surface area contributed by atoms with Gasteiger partial charge in [0, 0.05) is 18.2 Å². The minimum atomic E-state index is -1.56. The van der Waals surface area contributed by atoms with Crippen molar-refractivity contribution in [1.29, 1.82) is 0 Å². The summed E-state index contributed by atoms with van der Waals surface area (Å²) in [5, 5.41) is 0. The molecule has 0 saturated heterocycles. The van der Waals surface area contributed by atoms with Crippen LogP contribution in [0.25, 0.3) is 0 Å². The normalized spacial score (nSPS) is 22.7. The number of ether oxygens (including phenoxy) is 2. The zero-order chi connectivity index (χ0) is 22.5. The summed E-state index contributed by atoms with van der Waals surface area (Å²) in [5.41, 5.74) is 0.184. The average Bonchev–Trinajstić information content (AvgIpc) is 3.01. The van der Waals surface area contributed by atoms with Crippen LogP contribution in [-0.4, -0.2) is 37.0 Å². The molecule has 2 aliphatic rings. The molecule has 0 aromatic heterocycles. The topological polar surface area (TPSA) is 68.2 Å². The number of rotatable bonds is 4. The Balaban J connectivity index is 2.21. The molecule has 2 aliphatic heterocycles. The van der Waals surface area contributed by atoms with Gasteiger partial charge in [-0.2, -0.15) is 0 Å². The molecule has 0 unspecified atom stereocenters. The van der Waals surface area contributed by atoms with Crippen LogP contribution in [0.1, 0.15) is 60.5 Å². The number of aliphatic imine (C=N–C) groups is 1. The lowest BCUT2D eigenvalue weighted by molar-refractivity contribution is -0.144. The zero-order valence-corrected chi connectivity index (χ0v) is 19.3. The maximum absolute atomic E-state index is 13.5. The third-order valence-corrected chi connectivity index (χ3v) is 5.39. The molecule has 6 heteroatoms. The van der Waals surface area contributed by atoms with E-state index in [1.54, 1.807) is 20.9 Å². The minimum absolute atomic E-state index is 0.0570. The van der Waals surface area contributed by atoms with E-state index in [0.29, 0.717) is 22.7 Å². The number of fused-ring (bicyclic) bond motifs is 2. The number of benzene rings is 1. The van der Waals surface area contributed by atoms with Gasteiger partial charge in [0.05, 0.1) is 17.8 Å². The second kappa shape index (κ2) is 7.25. The molecule has 6 nitrogen and oxygen atoms in total. The molecule has 0 saturated carbocycles. The number of hydrogen-bond donors (Lipinski definition) is 0. The van der Waals surface area contributed by atoms with E-state index < -0.39 is 17.1 Å². The van der Waals surface area contributed by atoms with Gasteiger partial charge in [0.25, 0.3) is 5.91 Å². The molecule has 30 heavy (non-hydrogen) atoms. The second-order valence-corrected chi connectivity index (χ2v) is 9.85. The van der Waals surface area contributed by atoms with Gasteiger partial charge in [-0.05, 0) is 45.6 Å². The molecule has 3 rings (SSSR count). The third kappa shape index (κ3) is 3.53. The van der Waals surface area contributed by atoms with Gasteiger partial charge in [0.2, 0.25) is 11.5 Å². The van der Waals surface area contributed by atoms with Crippen molar-refractivity contribution in [3.05, 3.63) is 41.0 Å². The fourth-order valence-corrected chi connectivity index (χ4v) is 4.73. The highest BCUT2D eigenvalue weighted by molar-refractivity contribution is 6.20. The second-order valence-electron chi connectivity index (χ2n) is 9.85. The van der Waals surface area contributed by atoms with Crippen molar-refractivity contribution in [3.8, 4) is 0 Å². The van der Waals surface area contributed by atoms with Gasteiger partial charge in [0.1, 0.15) is 5.57 Å². The van der Waals surface area contributed by atoms with Crippen molar-refractivity contribution in [1.82, 2.24) is 0 Å². The minimum Gasteiger partial charge on any atom is -0.462 e. The van der Waals surface area contributed by atoms with Crippen LogP contribution in [0.4, 0.5) is 5.69 Å². The summed E-state index contributed by atoms with van der Waals surface area (Å²) in [6.45, 7) is 14.3. The first-order chi connectivity index (χ1) is 13.8. The highest BCUT2D eigenvalue weighted by Gasteiger charge is 2.62. The number of esters is 1. The summed E-state index contributed by atoms with van der Waals surface area (Å²) in [6.07, 6.45) is 0.812. The van der Waals surface area contributed by atoms with E-state index in [1.807, 2.05) is 38.1 Å². The van der Waals surface area contributed by atoms with Crippen LogP contribution in [0.5, 0.6) is 0 Å². The van der Waals surface area contributed by atoms with E-state index >= 15 is 0 Å². The molecule has 2 heterocycles. The molecule has 162 valence electrons. The Bertz CT molecular complexity index is 952. The van der Waals surface area contributed by atoms with Gasteiger partial charge in [-0.25, -0.2) is 9.79 Å². The number of amides is 1. The average molecular weight is 413 g/mol. The monoisotopic (exact) mass is 412 g/mol. The summed E-state index contributed by atoms with van der Waals surface area (Å²) < 4.78 is 11.7. The Morgan fingerprint density at radius 3 is 2.43 bits per heavy atom. The van der Waals surface area contributed by atoms with Crippen molar-refractivity contribution in [2.24, 2.45) is 10.4 Å². The lowest BCUT2D eigenvalue weighted by Gasteiger charge is -2.30. The molecule has 1 atom stereocenters. The molecule has 0 N–H and O–H groups in total. The highest BCUT2D eigenvalue weighted by Crippen LogP contribution is 2.51. The van der Waals surface area contributed by atoms with E-state index in [0.717, 1.165) is 6.42 Å². The van der Waals surface area contributed by atoms with Crippen LogP contribution in [0.15, 0.2) is 40.4 Å². The lowest BCUT2D eigenvalue weighted by Crippen LogP contribution is -2.43. The quantitative estimate of drug-likeness (QED) is 0.688. The standard InChI is InChI=1S/C24H32N2O4/c1-9-29-20(27)18-15(2)19(25-23(6,7)14-22(3,4)5)30-24(18)16-12-10-11-13-17(16)26(8)21(24)28/h10-13H,9,14H2,1-8H3/t24-/m1/s1. The smallest absolute Gasteiger partial charge is 0.339 e. The largest absolute Gasteiger partial charge is 0.462 e. The summed E-state index contributed by atoms with van der Waals surface area (Å²) in [6, 6.07) is 7.38. The van der Waals surface area contributed by atoms with Crippen LogP contribution in [-0.2, 0) is 24.7 Å². The molecule has 1 aromatic carbocycles. The van der Waals surface area contributed by atoms with Crippen molar-refractivity contribution in [2.75, 3.05) is 18.6 Å². The highest BCUT2D eigenvalue weighted by atomic mass is 16.5. The van der Waals surface area contributed by atoms with E-state index in [9.17, 15) is 9.59 Å². The third-order valence-electron chi connectivity index (χ3n) is 5.39. The predicted molar refractivity (Wildman–Crippen MR) is 118 cm³/mol. The molecule has 0 bridgehead atoms. The van der Waals surface area contributed by atoms with Gasteiger partial charge in [-0.1, -0.05) is 39.0 Å². The van der Waals surface area contributed by atoms with Gasteiger partial charge in [0.15, 0.2) is 0 Å². The molecule has 0 radical (unpaired) electrons. The molecule has 0 aliphatic carbocycles. The van der Waals surface area contributed by atoms with Crippen LogP contribution >= 0.6 is 0 Å². The maximum atomic E-state index is 13.5. The van der Waals surface area contributed by atoms with Crippen molar-refractivity contribution in [2.45, 2.75) is 66.0 Å². The molecular formula is C24H32N2O4. The number of anilines is 1. The first kappa shape index (κ1) is 22.1. The van der Waals surface area contributed by atoms with Crippen LogP contribution in [0.3, 0.4) is 0 Å². The summed E-state index contributed by atoms with van der Waals surface area (Å²) in [5.74, 6) is -0.539. The fraction of sp³-hybridized carbons (Fsp3) is 0.542. The summed E-state index contributed by atoms with van der Waals surface area (Å²) in [4.78, 5) is 32.9. The van der Waals surface area contributed by atoms with Gasteiger partial charge >= 0.3 is 5.97 Å². The summed E-state index contributed by atoms with van der Waals surface area (Å²) >= 11 is 0. The number of likely N-dealkylation sites (N-methyl/N-ethyl adjacent to an activating group) is 1. The van der Waals surface area contributed by atoms with E-state index in [2.05, 4.69) is 20.8 Å². The Morgan fingerprint density at radius 2 is 1.83 bits per heavy atom. The fourth-order valence-electron chi connectivity index (χ4n) is 4.73. The number of para-hydroxylation sites is 1. The lowest BCUT2D eigenvalue weighted by atomic mass is 9.82. The number of nitrogens with zero attached hydrogens (tertiary/aromatic N) is 2. The van der Waals surface area contributed by atoms with Crippen molar-refractivity contribution in [3.63, 3.8) is 0 Å². The molecule has 1 spiro atoms. The number of hydrogen-bond acceptors (Lipinski definition) is 5. The molecule has 1 aromatic rings.